The molecule has 0 saturated carbocycles. The van der Waals surface area contributed by atoms with Crippen LogP contribution in [0.3, 0.4) is 0 Å². The molecule has 0 bridgehead atoms. The molecular weight excluding hydrogens is 424 g/mol. The number of methoxy groups -OCH3 is 1. The number of ether oxygens (including phenoxy) is 2. The highest BCUT2D eigenvalue weighted by atomic mass is 16.5. The standard InChI is InChI=1S/C25H22N2O6/c1-32-15-10-11-22(20(12-15)24(29)30)27-23(28)13-26-25(31)33-14-21-18-8-4-2-6-16(18)17-7-3-5-9-19(17)21/h2-12,21H,13-14H2,1H3,(H,26,31)(H,27,28)(H,29,30). The van der Waals surface area contributed by atoms with E-state index >= 15 is 0 Å². The average Bonchev–Trinajstić information content (AvgIpc) is 3.15. The maximum Gasteiger partial charge on any atom is 0.407 e. The molecule has 0 unspecified atom stereocenters. The van der Waals surface area contributed by atoms with Gasteiger partial charge in [0.1, 0.15) is 18.9 Å². The molecule has 0 atom stereocenters. The summed E-state index contributed by atoms with van der Waals surface area (Å²) < 4.78 is 10.4. The van der Waals surface area contributed by atoms with Crippen LogP contribution in [0.1, 0.15) is 27.4 Å². The van der Waals surface area contributed by atoms with Crippen LogP contribution in [-0.4, -0.2) is 43.3 Å². The van der Waals surface area contributed by atoms with Gasteiger partial charge in [0.15, 0.2) is 0 Å². The number of alkyl carbamates (subject to hydrolysis) is 1. The number of aromatic carboxylic acids is 1. The van der Waals surface area contributed by atoms with Gasteiger partial charge in [-0.15, -0.1) is 0 Å². The van der Waals surface area contributed by atoms with Crippen molar-refractivity contribution in [1.82, 2.24) is 5.32 Å². The van der Waals surface area contributed by atoms with E-state index in [0.717, 1.165) is 22.3 Å². The fourth-order valence-electron chi connectivity index (χ4n) is 3.93. The summed E-state index contributed by atoms with van der Waals surface area (Å²) in [5.74, 6) is -1.54. The fourth-order valence-corrected chi connectivity index (χ4v) is 3.93. The van der Waals surface area contributed by atoms with Gasteiger partial charge in [-0.05, 0) is 40.5 Å². The molecule has 168 valence electrons. The van der Waals surface area contributed by atoms with Crippen LogP contribution < -0.4 is 15.4 Å². The van der Waals surface area contributed by atoms with Crippen molar-refractivity contribution in [2.24, 2.45) is 0 Å². The van der Waals surface area contributed by atoms with Crippen molar-refractivity contribution in [2.75, 3.05) is 25.6 Å². The van der Waals surface area contributed by atoms with Crippen molar-refractivity contribution in [3.63, 3.8) is 0 Å². The molecule has 1 aliphatic carbocycles. The van der Waals surface area contributed by atoms with Crippen LogP contribution >= 0.6 is 0 Å². The minimum absolute atomic E-state index is 0.0885. The van der Waals surface area contributed by atoms with Gasteiger partial charge in [0.25, 0.3) is 0 Å². The predicted molar refractivity (Wildman–Crippen MR) is 122 cm³/mol. The Morgan fingerprint density at radius 3 is 2.18 bits per heavy atom. The van der Waals surface area contributed by atoms with Gasteiger partial charge in [0, 0.05) is 5.92 Å². The molecular formula is C25H22N2O6. The van der Waals surface area contributed by atoms with E-state index in [1.54, 1.807) is 0 Å². The summed E-state index contributed by atoms with van der Waals surface area (Å²) in [5, 5.41) is 14.2. The highest BCUT2D eigenvalue weighted by molar-refractivity contribution is 6.01. The molecule has 1 aliphatic rings. The van der Waals surface area contributed by atoms with Crippen molar-refractivity contribution >= 4 is 23.7 Å². The number of carboxylic acid groups (broad SMARTS) is 1. The van der Waals surface area contributed by atoms with E-state index in [2.05, 4.69) is 10.6 Å². The number of benzene rings is 3. The molecule has 8 nitrogen and oxygen atoms in total. The quantitative estimate of drug-likeness (QED) is 0.508. The summed E-state index contributed by atoms with van der Waals surface area (Å²) in [6.45, 7) is -0.245. The lowest BCUT2D eigenvalue weighted by Gasteiger charge is -2.15. The third-order valence-electron chi connectivity index (χ3n) is 5.47. The zero-order valence-corrected chi connectivity index (χ0v) is 17.8. The van der Waals surface area contributed by atoms with E-state index in [1.165, 1.54) is 25.3 Å². The third-order valence-corrected chi connectivity index (χ3v) is 5.47. The number of hydrogen-bond donors (Lipinski definition) is 3. The Kier molecular flexibility index (Phi) is 6.26. The first-order valence-corrected chi connectivity index (χ1v) is 10.3. The molecule has 0 heterocycles. The first-order chi connectivity index (χ1) is 16.0. The lowest BCUT2D eigenvalue weighted by Crippen LogP contribution is -2.34. The van der Waals surface area contributed by atoms with E-state index in [-0.39, 0.29) is 30.3 Å². The molecule has 3 N–H and O–H groups in total. The van der Waals surface area contributed by atoms with Crippen LogP contribution in [0.4, 0.5) is 10.5 Å². The highest BCUT2D eigenvalue weighted by Gasteiger charge is 2.29. The van der Waals surface area contributed by atoms with Crippen molar-refractivity contribution in [1.29, 1.82) is 0 Å². The summed E-state index contributed by atoms with van der Waals surface area (Å²) in [7, 11) is 1.41. The van der Waals surface area contributed by atoms with Crippen LogP contribution in [0, 0.1) is 0 Å². The zero-order chi connectivity index (χ0) is 23.4. The molecule has 0 aromatic heterocycles. The van der Waals surface area contributed by atoms with Crippen molar-refractivity contribution < 1.29 is 29.0 Å². The van der Waals surface area contributed by atoms with Crippen LogP contribution in [0.25, 0.3) is 11.1 Å². The molecule has 3 aromatic rings. The monoisotopic (exact) mass is 446 g/mol. The van der Waals surface area contributed by atoms with Crippen molar-refractivity contribution in [2.45, 2.75) is 5.92 Å². The number of carbonyl (C=O) groups excluding carboxylic acids is 2. The first kappa shape index (κ1) is 21.9. The minimum Gasteiger partial charge on any atom is -0.497 e. The topological polar surface area (TPSA) is 114 Å². The lowest BCUT2D eigenvalue weighted by molar-refractivity contribution is -0.115. The second kappa shape index (κ2) is 9.44. The maximum absolute atomic E-state index is 12.2. The van der Waals surface area contributed by atoms with E-state index in [9.17, 15) is 19.5 Å². The fraction of sp³-hybridized carbons (Fsp3) is 0.160. The van der Waals surface area contributed by atoms with Crippen LogP contribution in [0.15, 0.2) is 66.7 Å². The number of hydrogen-bond acceptors (Lipinski definition) is 5. The molecule has 8 heteroatoms. The smallest absolute Gasteiger partial charge is 0.407 e. The molecule has 0 spiro atoms. The van der Waals surface area contributed by atoms with Gasteiger partial charge in [0.05, 0.1) is 18.4 Å². The second-order valence-electron chi connectivity index (χ2n) is 7.44. The Morgan fingerprint density at radius 2 is 1.58 bits per heavy atom. The van der Waals surface area contributed by atoms with Gasteiger partial charge in [-0.3, -0.25) is 4.79 Å². The summed E-state index contributed by atoms with van der Waals surface area (Å²) >= 11 is 0. The number of amides is 2. The molecule has 0 radical (unpaired) electrons. The Labute approximate surface area is 190 Å². The number of rotatable bonds is 7. The average molecular weight is 446 g/mol. The van der Waals surface area contributed by atoms with Gasteiger partial charge in [-0.1, -0.05) is 48.5 Å². The normalized spacial score (nSPS) is 11.8. The summed E-state index contributed by atoms with van der Waals surface area (Å²) in [4.78, 5) is 35.9. The van der Waals surface area contributed by atoms with Gasteiger partial charge in [-0.2, -0.15) is 0 Å². The molecule has 0 fully saturated rings. The van der Waals surface area contributed by atoms with Gasteiger partial charge < -0.3 is 25.2 Å². The molecule has 3 aromatic carbocycles. The van der Waals surface area contributed by atoms with E-state index < -0.39 is 18.0 Å². The Balaban J connectivity index is 1.34. The Hall–Kier alpha value is -4.33. The third kappa shape index (κ3) is 4.64. The lowest BCUT2D eigenvalue weighted by atomic mass is 9.98. The number of carboxylic acids is 1. The Morgan fingerprint density at radius 1 is 0.939 bits per heavy atom. The largest absolute Gasteiger partial charge is 0.497 e. The van der Waals surface area contributed by atoms with E-state index in [0.29, 0.717) is 5.75 Å². The van der Waals surface area contributed by atoms with Gasteiger partial charge in [0.2, 0.25) is 5.91 Å². The van der Waals surface area contributed by atoms with Gasteiger partial charge in [-0.25, -0.2) is 9.59 Å². The molecule has 0 aliphatic heterocycles. The van der Waals surface area contributed by atoms with Crippen LogP contribution in [0.2, 0.25) is 0 Å². The van der Waals surface area contributed by atoms with Crippen molar-refractivity contribution in [3.05, 3.63) is 83.4 Å². The SMILES string of the molecule is COc1ccc(NC(=O)CNC(=O)OCC2c3ccccc3-c3ccccc32)c(C(=O)O)c1. The summed E-state index contributed by atoms with van der Waals surface area (Å²) in [5.41, 5.74) is 4.40. The van der Waals surface area contributed by atoms with Crippen LogP contribution in [-0.2, 0) is 9.53 Å². The first-order valence-electron chi connectivity index (χ1n) is 10.3. The molecule has 2 amide bonds. The number of fused-ring (bicyclic) bond motifs is 3. The molecule has 33 heavy (non-hydrogen) atoms. The zero-order valence-electron chi connectivity index (χ0n) is 17.8. The predicted octanol–water partition coefficient (Wildman–Crippen LogP) is 3.87. The number of nitrogens with one attached hydrogen (secondary N) is 2. The molecule has 0 saturated heterocycles. The second-order valence-corrected chi connectivity index (χ2v) is 7.44. The van der Waals surface area contributed by atoms with Gasteiger partial charge >= 0.3 is 12.1 Å². The number of anilines is 1. The summed E-state index contributed by atoms with van der Waals surface area (Å²) in [6, 6.07) is 20.2. The summed E-state index contributed by atoms with van der Waals surface area (Å²) in [6.07, 6.45) is -0.736. The Bertz CT molecular complexity index is 1180. The number of carbonyl (C=O) groups is 3. The van der Waals surface area contributed by atoms with E-state index in [4.69, 9.17) is 9.47 Å². The minimum atomic E-state index is -1.21. The maximum atomic E-state index is 12.2. The highest BCUT2D eigenvalue weighted by Crippen LogP contribution is 2.44. The molecule has 4 rings (SSSR count). The van der Waals surface area contributed by atoms with E-state index in [1.807, 2.05) is 48.5 Å². The van der Waals surface area contributed by atoms with Crippen LogP contribution in [0.5, 0.6) is 5.75 Å². The van der Waals surface area contributed by atoms with Crippen molar-refractivity contribution in [3.8, 4) is 16.9 Å².